The molecule has 0 saturated heterocycles. The second kappa shape index (κ2) is 7.77. The van der Waals surface area contributed by atoms with Crippen LogP contribution in [0.4, 0.5) is 18.9 Å². The van der Waals surface area contributed by atoms with Gasteiger partial charge in [0.05, 0.1) is 10.5 Å². The molecule has 0 aromatic heterocycles. The van der Waals surface area contributed by atoms with E-state index in [0.29, 0.717) is 0 Å². The van der Waals surface area contributed by atoms with E-state index >= 15 is 0 Å². The van der Waals surface area contributed by atoms with Crippen LogP contribution in [0.3, 0.4) is 0 Å². The van der Waals surface area contributed by atoms with E-state index in [1.54, 1.807) is 6.92 Å². The van der Waals surface area contributed by atoms with Gasteiger partial charge >= 0.3 is 6.18 Å². The molecule has 1 amide bonds. The SMILES string of the molecule is CCNS(=O)(=O)c1ccc(C(=O)Nc2ccc(Br)c(C(F)(F)F)c2)cc1. The number of amides is 1. The van der Waals surface area contributed by atoms with Crippen molar-refractivity contribution in [3.05, 3.63) is 58.1 Å². The minimum atomic E-state index is -4.57. The number of alkyl halides is 3. The summed E-state index contributed by atoms with van der Waals surface area (Å²) in [7, 11) is -3.65. The normalized spacial score (nSPS) is 12.0. The summed E-state index contributed by atoms with van der Waals surface area (Å²) in [5.41, 5.74) is -0.839. The number of carbonyl (C=O) groups is 1. The highest BCUT2D eigenvalue weighted by molar-refractivity contribution is 9.10. The van der Waals surface area contributed by atoms with Crippen molar-refractivity contribution in [1.29, 1.82) is 0 Å². The van der Waals surface area contributed by atoms with Gasteiger partial charge in [-0.3, -0.25) is 4.79 Å². The van der Waals surface area contributed by atoms with Crippen molar-refractivity contribution < 1.29 is 26.4 Å². The third kappa shape index (κ3) is 4.83. The first-order chi connectivity index (χ1) is 12.0. The van der Waals surface area contributed by atoms with Crippen molar-refractivity contribution in [1.82, 2.24) is 4.72 Å². The van der Waals surface area contributed by atoms with E-state index in [4.69, 9.17) is 0 Å². The third-order valence-corrected chi connectivity index (χ3v) is 5.54. The fourth-order valence-corrected chi connectivity index (χ4v) is 3.59. The molecule has 0 spiro atoms. The number of carbonyl (C=O) groups excluding carboxylic acids is 1. The summed E-state index contributed by atoms with van der Waals surface area (Å²) in [6.07, 6.45) is -4.57. The molecule has 10 heteroatoms. The van der Waals surface area contributed by atoms with Crippen LogP contribution in [0.2, 0.25) is 0 Å². The first-order valence-corrected chi connectivity index (χ1v) is 9.60. The van der Waals surface area contributed by atoms with Crippen LogP contribution in [-0.4, -0.2) is 20.9 Å². The highest BCUT2D eigenvalue weighted by Crippen LogP contribution is 2.36. The predicted molar refractivity (Wildman–Crippen MR) is 94.4 cm³/mol. The Hall–Kier alpha value is -1.91. The number of hydrogen-bond acceptors (Lipinski definition) is 3. The van der Waals surface area contributed by atoms with E-state index < -0.39 is 27.7 Å². The predicted octanol–water partition coefficient (Wildman–Crippen LogP) is 4.02. The van der Waals surface area contributed by atoms with E-state index in [2.05, 4.69) is 26.0 Å². The lowest BCUT2D eigenvalue weighted by molar-refractivity contribution is -0.138. The Morgan fingerprint density at radius 3 is 2.27 bits per heavy atom. The maximum Gasteiger partial charge on any atom is 0.417 e. The average molecular weight is 451 g/mol. The lowest BCUT2D eigenvalue weighted by atomic mass is 10.1. The zero-order valence-corrected chi connectivity index (χ0v) is 15.8. The molecule has 2 rings (SSSR count). The fourth-order valence-electron chi connectivity index (χ4n) is 2.08. The zero-order chi connectivity index (χ0) is 19.5. The molecular weight excluding hydrogens is 437 g/mol. The van der Waals surface area contributed by atoms with Gasteiger partial charge in [-0.2, -0.15) is 13.2 Å². The molecule has 0 saturated carbocycles. The standard InChI is InChI=1S/C16H14BrF3N2O3S/c1-2-21-26(24,25)12-6-3-10(4-7-12)15(23)22-11-5-8-14(17)13(9-11)16(18,19)20/h3-9,21H,2H2,1H3,(H,22,23). The molecule has 0 fully saturated rings. The molecule has 2 aromatic carbocycles. The summed E-state index contributed by atoms with van der Waals surface area (Å²) in [6, 6.07) is 8.37. The van der Waals surface area contributed by atoms with Gasteiger partial charge in [0.15, 0.2) is 0 Å². The molecule has 0 radical (unpaired) electrons. The zero-order valence-electron chi connectivity index (χ0n) is 13.4. The van der Waals surface area contributed by atoms with Crippen molar-refractivity contribution >= 4 is 37.5 Å². The number of halogens is 4. The van der Waals surface area contributed by atoms with E-state index in [9.17, 15) is 26.4 Å². The Morgan fingerprint density at radius 1 is 1.12 bits per heavy atom. The minimum Gasteiger partial charge on any atom is -0.322 e. The number of rotatable bonds is 5. The number of anilines is 1. The molecule has 0 bridgehead atoms. The first-order valence-electron chi connectivity index (χ1n) is 7.32. The van der Waals surface area contributed by atoms with E-state index in [-0.39, 0.29) is 27.2 Å². The lowest BCUT2D eigenvalue weighted by Gasteiger charge is -2.12. The third-order valence-electron chi connectivity index (χ3n) is 3.29. The van der Waals surface area contributed by atoms with Crippen LogP contribution < -0.4 is 10.0 Å². The molecule has 0 atom stereocenters. The topological polar surface area (TPSA) is 75.3 Å². The van der Waals surface area contributed by atoms with Gasteiger partial charge in [-0.1, -0.05) is 22.9 Å². The Morgan fingerprint density at radius 2 is 1.73 bits per heavy atom. The van der Waals surface area contributed by atoms with Crippen molar-refractivity contribution in [3.8, 4) is 0 Å². The summed E-state index contributed by atoms with van der Waals surface area (Å²) in [5, 5.41) is 2.36. The molecule has 0 unspecified atom stereocenters. The first kappa shape index (κ1) is 20.4. The van der Waals surface area contributed by atoms with E-state index in [1.807, 2.05) is 0 Å². The quantitative estimate of drug-likeness (QED) is 0.722. The van der Waals surface area contributed by atoms with Gasteiger partial charge in [0.1, 0.15) is 0 Å². The monoisotopic (exact) mass is 450 g/mol. The highest BCUT2D eigenvalue weighted by Gasteiger charge is 2.33. The lowest BCUT2D eigenvalue weighted by Crippen LogP contribution is -2.23. The number of sulfonamides is 1. The Kier molecular flexibility index (Phi) is 6.09. The summed E-state index contributed by atoms with van der Waals surface area (Å²) >= 11 is 2.82. The average Bonchev–Trinajstić information content (AvgIpc) is 2.55. The van der Waals surface area contributed by atoms with Gasteiger partial charge < -0.3 is 5.32 Å². The maximum atomic E-state index is 12.9. The molecule has 0 heterocycles. The van der Waals surface area contributed by atoms with Gasteiger partial charge in [-0.15, -0.1) is 0 Å². The summed E-state index contributed by atoms with van der Waals surface area (Å²) in [5.74, 6) is -0.659. The largest absolute Gasteiger partial charge is 0.417 e. The van der Waals surface area contributed by atoms with Gasteiger partial charge in [-0.25, -0.2) is 13.1 Å². The Labute approximate surface area is 156 Å². The second-order valence-corrected chi connectivity index (χ2v) is 7.79. The van der Waals surface area contributed by atoms with Crippen LogP contribution in [0.1, 0.15) is 22.8 Å². The van der Waals surface area contributed by atoms with Gasteiger partial charge in [0, 0.05) is 22.3 Å². The molecule has 2 aromatic rings. The van der Waals surface area contributed by atoms with Gasteiger partial charge in [0.2, 0.25) is 10.0 Å². The van der Waals surface area contributed by atoms with Crippen LogP contribution in [0, 0.1) is 0 Å². The molecular formula is C16H14BrF3N2O3S. The second-order valence-electron chi connectivity index (χ2n) is 5.17. The molecule has 26 heavy (non-hydrogen) atoms. The molecule has 2 N–H and O–H groups in total. The molecule has 5 nitrogen and oxygen atoms in total. The van der Waals surface area contributed by atoms with Gasteiger partial charge in [0.25, 0.3) is 5.91 Å². The van der Waals surface area contributed by atoms with Crippen molar-refractivity contribution in [2.45, 2.75) is 18.0 Å². The molecule has 0 aliphatic heterocycles. The molecule has 0 aliphatic rings. The summed E-state index contributed by atoms with van der Waals surface area (Å²) in [6.45, 7) is 1.85. The van der Waals surface area contributed by atoms with E-state index in [0.717, 1.165) is 6.07 Å². The van der Waals surface area contributed by atoms with Crippen LogP contribution in [-0.2, 0) is 16.2 Å². The maximum absolute atomic E-state index is 12.9. The Balaban J connectivity index is 2.21. The van der Waals surface area contributed by atoms with Gasteiger partial charge in [-0.05, 0) is 42.5 Å². The van der Waals surface area contributed by atoms with Crippen LogP contribution in [0.15, 0.2) is 51.8 Å². The van der Waals surface area contributed by atoms with Crippen LogP contribution in [0.25, 0.3) is 0 Å². The van der Waals surface area contributed by atoms with Crippen molar-refractivity contribution in [2.75, 3.05) is 11.9 Å². The minimum absolute atomic E-state index is 0.0149. The smallest absolute Gasteiger partial charge is 0.322 e. The van der Waals surface area contributed by atoms with Crippen molar-refractivity contribution in [2.24, 2.45) is 0 Å². The molecule has 140 valence electrons. The fraction of sp³-hybridized carbons (Fsp3) is 0.188. The summed E-state index contributed by atoms with van der Waals surface area (Å²) < 4.78 is 64.6. The molecule has 0 aliphatic carbocycles. The Bertz CT molecular complexity index is 913. The van der Waals surface area contributed by atoms with Crippen LogP contribution in [0.5, 0.6) is 0 Å². The number of hydrogen-bond donors (Lipinski definition) is 2. The van der Waals surface area contributed by atoms with Crippen molar-refractivity contribution in [3.63, 3.8) is 0 Å². The summed E-state index contributed by atoms with van der Waals surface area (Å²) in [4.78, 5) is 12.2. The number of nitrogens with one attached hydrogen (secondary N) is 2. The van der Waals surface area contributed by atoms with Crippen LogP contribution >= 0.6 is 15.9 Å². The number of benzene rings is 2. The highest BCUT2D eigenvalue weighted by atomic mass is 79.9. The van der Waals surface area contributed by atoms with E-state index in [1.165, 1.54) is 36.4 Å².